The number of aliphatic hydroxyl groups is 2. The average molecular weight is 1100 g/mol. The van der Waals surface area contributed by atoms with E-state index in [2.05, 4.69) is 205 Å². The van der Waals surface area contributed by atoms with Gasteiger partial charge in [-0.05, 0) is 143 Å². The van der Waals surface area contributed by atoms with Gasteiger partial charge in [0, 0.05) is 29.8 Å². The first-order valence-electron chi connectivity index (χ1n) is 27.1. The van der Waals surface area contributed by atoms with Crippen LogP contribution in [0.3, 0.4) is 0 Å². The van der Waals surface area contributed by atoms with E-state index < -0.39 is 11.2 Å². The van der Waals surface area contributed by atoms with E-state index in [0.29, 0.717) is 0 Å². The van der Waals surface area contributed by atoms with Crippen LogP contribution in [-0.4, -0.2) is 10.2 Å². The van der Waals surface area contributed by atoms with Crippen LogP contribution in [0.5, 0.6) is 0 Å². The number of aryl methyl sites for hydroxylation is 4. The van der Waals surface area contributed by atoms with Crippen LogP contribution in [0.1, 0.15) is 186 Å². The molecular weight excluding hydrogens is 1020 g/mol. The summed E-state index contributed by atoms with van der Waals surface area (Å²) < 4.78 is 1.82. The lowest BCUT2D eigenvalue weighted by atomic mass is 9.77. The highest BCUT2D eigenvalue weighted by molar-refractivity contribution is 9.10. The molecular formula is C66H78Br2O2S. The van der Waals surface area contributed by atoms with Gasteiger partial charge >= 0.3 is 0 Å². The van der Waals surface area contributed by atoms with Gasteiger partial charge < -0.3 is 10.2 Å². The van der Waals surface area contributed by atoms with Gasteiger partial charge in [0.05, 0.1) is 0 Å². The van der Waals surface area contributed by atoms with Crippen molar-refractivity contribution in [1.29, 1.82) is 0 Å². The molecule has 5 heteroatoms. The van der Waals surface area contributed by atoms with Crippen molar-refractivity contribution in [2.45, 2.75) is 167 Å². The lowest BCUT2D eigenvalue weighted by Gasteiger charge is -2.33. The summed E-state index contributed by atoms with van der Waals surface area (Å²) in [4.78, 5) is 2.08. The van der Waals surface area contributed by atoms with Gasteiger partial charge in [-0.3, -0.25) is 0 Å². The predicted octanol–water partition coefficient (Wildman–Crippen LogP) is 19.7. The minimum absolute atomic E-state index is 0.823. The number of hydrogen-bond donors (Lipinski definition) is 2. The van der Waals surface area contributed by atoms with E-state index in [1.165, 1.54) is 125 Å². The molecule has 0 unspecified atom stereocenters. The summed E-state index contributed by atoms with van der Waals surface area (Å²) in [5.74, 6) is 0. The summed E-state index contributed by atoms with van der Waals surface area (Å²) in [5, 5.41) is 27.3. The molecule has 0 bridgehead atoms. The van der Waals surface area contributed by atoms with E-state index in [4.69, 9.17) is 0 Å². The molecule has 0 amide bonds. The lowest BCUT2D eigenvalue weighted by molar-refractivity contribution is 0.126. The normalized spacial score (nSPS) is 11.9. The zero-order valence-electron chi connectivity index (χ0n) is 43.1. The van der Waals surface area contributed by atoms with Crippen LogP contribution < -0.4 is 0 Å². The van der Waals surface area contributed by atoms with Crippen molar-refractivity contribution in [2.24, 2.45) is 0 Å². The average Bonchev–Trinajstić information content (AvgIpc) is 3.89. The van der Waals surface area contributed by atoms with Gasteiger partial charge in [-0.2, -0.15) is 0 Å². The molecule has 0 fully saturated rings. The Labute approximate surface area is 448 Å². The molecule has 0 aliphatic heterocycles. The molecule has 0 aliphatic rings. The molecule has 7 aromatic rings. The Bertz CT molecular complexity index is 2380. The number of thiophene rings is 1. The largest absolute Gasteiger partial charge is 0.376 e. The first kappa shape index (κ1) is 54.7. The van der Waals surface area contributed by atoms with Crippen LogP contribution in [0.25, 0.3) is 20.9 Å². The topological polar surface area (TPSA) is 40.5 Å². The van der Waals surface area contributed by atoms with Gasteiger partial charge in [0.15, 0.2) is 0 Å². The van der Waals surface area contributed by atoms with Crippen molar-refractivity contribution in [3.63, 3.8) is 0 Å². The molecule has 0 spiro atoms. The van der Waals surface area contributed by atoms with Gasteiger partial charge in [-0.15, -0.1) is 11.3 Å². The molecule has 0 radical (unpaired) electrons. The second-order valence-corrected chi connectivity index (χ2v) is 22.9. The zero-order valence-corrected chi connectivity index (χ0v) is 47.0. The van der Waals surface area contributed by atoms with E-state index in [9.17, 15) is 10.2 Å². The third kappa shape index (κ3) is 13.9. The molecule has 0 aliphatic carbocycles. The molecule has 71 heavy (non-hydrogen) atoms. The van der Waals surface area contributed by atoms with E-state index >= 15 is 0 Å². The van der Waals surface area contributed by atoms with E-state index in [1.807, 2.05) is 0 Å². The molecule has 2 nitrogen and oxygen atoms in total. The molecule has 0 saturated carbocycles. The Morgan fingerprint density at radius 2 is 0.606 bits per heavy atom. The van der Waals surface area contributed by atoms with Crippen LogP contribution in [0, 0.1) is 0 Å². The summed E-state index contributed by atoms with van der Waals surface area (Å²) in [6.07, 6.45) is 23.7. The summed E-state index contributed by atoms with van der Waals surface area (Å²) in [6, 6.07) is 52.0. The fourth-order valence-electron chi connectivity index (χ4n) is 10.3. The lowest BCUT2D eigenvalue weighted by Crippen LogP contribution is -2.30. The van der Waals surface area contributed by atoms with Gasteiger partial charge in [0.2, 0.25) is 0 Å². The Morgan fingerprint density at radius 1 is 0.338 bits per heavy atom. The molecule has 0 saturated heterocycles. The summed E-state index contributed by atoms with van der Waals surface area (Å²) in [7, 11) is 0. The third-order valence-corrected chi connectivity index (χ3v) is 16.8. The maximum absolute atomic E-state index is 13.7. The highest BCUT2D eigenvalue weighted by Gasteiger charge is 2.39. The van der Waals surface area contributed by atoms with Crippen molar-refractivity contribution in [1.82, 2.24) is 0 Å². The number of rotatable bonds is 28. The minimum Gasteiger partial charge on any atom is -0.376 e. The number of halogens is 2. The maximum atomic E-state index is 13.7. The van der Waals surface area contributed by atoms with Crippen LogP contribution in [0.4, 0.5) is 0 Å². The number of benzene rings is 6. The number of hydrogen-bond acceptors (Lipinski definition) is 3. The highest BCUT2D eigenvalue weighted by atomic mass is 79.9. The molecule has 7 rings (SSSR count). The van der Waals surface area contributed by atoms with Crippen molar-refractivity contribution in [2.75, 3.05) is 0 Å². The Balaban J connectivity index is 1.31. The number of unbranched alkanes of at least 4 members (excludes halogenated alkanes) is 12. The summed E-state index contributed by atoms with van der Waals surface area (Å²) in [5.41, 5.74) is 9.28. The van der Waals surface area contributed by atoms with Crippen LogP contribution >= 0.6 is 43.2 Å². The van der Waals surface area contributed by atoms with Crippen LogP contribution in [0.2, 0.25) is 0 Å². The fourth-order valence-corrected chi connectivity index (χ4v) is 12.1. The standard InChI is InChI=1S/C66H78Br2O2S/c1-5-9-13-17-21-49-25-33-53(34-26-49)65(69,54-35-27-50(28-36-54)22-18-14-10-6-2)61-47-57(67)41-43-59(61)63-45-46-64(71-63)60-44-42-58(68)48-62(60)66(70,55-37-29-51(30-38-55)23-19-15-11-7-3)56-39-31-52(32-40-56)24-20-16-12-8-4/h25-48,69-70H,5-24H2,1-4H3. The Kier molecular flexibility index (Phi) is 21.0. The smallest absolute Gasteiger partial charge is 0.141 e. The van der Waals surface area contributed by atoms with Crippen LogP contribution in [0.15, 0.2) is 155 Å². The quantitative estimate of drug-likeness (QED) is 0.0379. The minimum atomic E-state index is -1.45. The molecule has 1 heterocycles. The monoisotopic (exact) mass is 1090 g/mol. The van der Waals surface area contributed by atoms with Gasteiger partial charge in [0.1, 0.15) is 11.2 Å². The van der Waals surface area contributed by atoms with Gasteiger partial charge in [-0.1, -0.05) is 246 Å². The van der Waals surface area contributed by atoms with E-state index in [-0.39, 0.29) is 0 Å². The second kappa shape index (κ2) is 27.3. The van der Waals surface area contributed by atoms with Gasteiger partial charge in [-0.25, -0.2) is 0 Å². The SMILES string of the molecule is CCCCCCc1ccc(C(O)(c2ccc(CCCCCC)cc2)c2cc(Br)ccc2-c2ccc(-c3ccc(Br)cc3C(O)(c3ccc(CCCCCC)cc3)c3ccc(CCCCCC)cc3)s2)cc1. The summed E-state index contributed by atoms with van der Waals surface area (Å²) >= 11 is 9.39. The molecule has 0 atom stereocenters. The molecule has 2 N–H and O–H groups in total. The highest BCUT2D eigenvalue weighted by Crippen LogP contribution is 2.49. The molecule has 374 valence electrons. The Hall–Kier alpha value is -4.10. The van der Waals surface area contributed by atoms with Crippen molar-refractivity contribution >= 4 is 43.2 Å². The van der Waals surface area contributed by atoms with Crippen molar-refractivity contribution in [3.05, 3.63) is 210 Å². The Morgan fingerprint density at radius 3 is 0.859 bits per heavy atom. The maximum Gasteiger partial charge on any atom is 0.141 e. The molecule has 6 aromatic carbocycles. The summed E-state index contributed by atoms with van der Waals surface area (Å²) in [6.45, 7) is 9.02. The predicted molar refractivity (Wildman–Crippen MR) is 312 cm³/mol. The first-order valence-corrected chi connectivity index (χ1v) is 29.6. The van der Waals surface area contributed by atoms with Crippen molar-refractivity contribution < 1.29 is 10.2 Å². The fraction of sp³-hybridized carbons (Fsp3) is 0.394. The van der Waals surface area contributed by atoms with Crippen LogP contribution in [-0.2, 0) is 36.9 Å². The van der Waals surface area contributed by atoms with Gasteiger partial charge in [0.25, 0.3) is 0 Å². The first-order chi connectivity index (χ1) is 34.6. The van der Waals surface area contributed by atoms with E-state index in [0.717, 1.165) is 88.9 Å². The van der Waals surface area contributed by atoms with E-state index in [1.54, 1.807) is 11.3 Å². The second-order valence-electron chi connectivity index (χ2n) is 20.0. The third-order valence-electron chi connectivity index (χ3n) is 14.6. The zero-order chi connectivity index (χ0) is 50.1. The molecule has 1 aromatic heterocycles. The van der Waals surface area contributed by atoms with Crippen molar-refractivity contribution in [3.8, 4) is 20.9 Å².